The monoisotopic (exact) mass is 198 g/mol. The van der Waals surface area contributed by atoms with E-state index in [-0.39, 0.29) is 0 Å². The van der Waals surface area contributed by atoms with E-state index in [0.29, 0.717) is 6.04 Å². The molecule has 0 bridgehead atoms. The van der Waals surface area contributed by atoms with Crippen molar-refractivity contribution >= 4 is 0 Å². The minimum absolute atomic E-state index is 0.375. The third-order valence-corrected chi connectivity index (χ3v) is 3.82. The predicted octanol–water partition coefficient (Wildman–Crippen LogP) is 1.95. The number of nitrogens with two attached hydrogens (primary N) is 1. The Hall–Kier alpha value is -0.0800. The molecule has 0 amide bonds. The van der Waals surface area contributed by atoms with Crippen molar-refractivity contribution in [2.45, 2.75) is 39.2 Å². The first kappa shape index (κ1) is 12.0. The molecular weight excluding hydrogens is 172 g/mol. The lowest BCUT2D eigenvalue weighted by Gasteiger charge is -2.36. The molecule has 1 aliphatic carbocycles. The van der Waals surface area contributed by atoms with Crippen LogP contribution >= 0.6 is 0 Å². The van der Waals surface area contributed by atoms with Gasteiger partial charge in [0.15, 0.2) is 0 Å². The quantitative estimate of drug-likeness (QED) is 0.751. The van der Waals surface area contributed by atoms with E-state index < -0.39 is 0 Å². The molecule has 84 valence electrons. The SMILES string of the molecule is CC1CCC(C(N)CN(C)C)CC1C. The van der Waals surface area contributed by atoms with Gasteiger partial charge in [0, 0.05) is 12.6 Å². The predicted molar refractivity (Wildman–Crippen MR) is 62.2 cm³/mol. The average Bonchev–Trinajstić information content (AvgIpc) is 2.08. The Morgan fingerprint density at radius 2 is 1.86 bits per heavy atom. The van der Waals surface area contributed by atoms with Crippen LogP contribution in [0.5, 0.6) is 0 Å². The Labute approximate surface area is 88.8 Å². The van der Waals surface area contributed by atoms with E-state index in [1.165, 1.54) is 19.3 Å². The van der Waals surface area contributed by atoms with E-state index >= 15 is 0 Å². The fraction of sp³-hybridized carbons (Fsp3) is 1.00. The van der Waals surface area contributed by atoms with Crippen LogP contribution in [-0.2, 0) is 0 Å². The summed E-state index contributed by atoms with van der Waals surface area (Å²) in [5, 5.41) is 0. The Balaban J connectivity index is 2.38. The van der Waals surface area contributed by atoms with Gasteiger partial charge < -0.3 is 10.6 Å². The summed E-state index contributed by atoms with van der Waals surface area (Å²) < 4.78 is 0. The van der Waals surface area contributed by atoms with Gasteiger partial charge in [0.25, 0.3) is 0 Å². The minimum atomic E-state index is 0.375. The summed E-state index contributed by atoms with van der Waals surface area (Å²) in [5.41, 5.74) is 6.22. The average molecular weight is 198 g/mol. The molecule has 2 N–H and O–H groups in total. The van der Waals surface area contributed by atoms with Crippen LogP contribution in [0.1, 0.15) is 33.1 Å². The number of nitrogens with zero attached hydrogens (tertiary/aromatic N) is 1. The zero-order valence-corrected chi connectivity index (χ0v) is 10.2. The summed E-state index contributed by atoms with van der Waals surface area (Å²) in [7, 11) is 4.21. The number of hydrogen-bond acceptors (Lipinski definition) is 2. The highest BCUT2D eigenvalue weighted by atomic mass is 15.1. The summed E-state index contributed by atoms with van der Waals surface area (Å²) >= 11 is 0. The van der Waals surface area contributed by atoms with Crippen LogP contribution in [0.25, 0.3) is 0 Å². The van der Waals surface area contributed by atoms with Crippen molar-refractivity contribution in [1.29, 1.82) is 0 Å². The highest BCUT2D eigenvalue weighted by Crippen LogP contribution is 2.34. The smallest absolute Gasteiger partial charge is 0.0196 e. The lowest BCUT2D eigenvalue weighted by atomic mass is 9.73. The lowest BCUT2D eigenvalue weighted by Crippen LogP contribution is -2.42. The van der Waals surface area contributed by atoms with Crippen LogP contribution < -0.4 is 5.73 Å². The number of hydrogen-bond donors (Lipinski definition) is 1. The van der Waals surface area contributed by atoms with Crippen LogP contribution in [0.4, 0.5) is 0 Å². The van der Waals surface area contributed by atoms with Crippen molar-refractivity contribution in [2.24, 2.45) is 23.5 Å². The van der Waals surface area contributed by atoms with E-state index in [9.17, 15) is 0 Å². The van der Waals surface area contributed by atoms with Crippen LogP contribution in [0.3, 0.4) is 0 Å². The van der Waals surface area contributed by atoms with E-state index in [0.717, 1.165) is 24.3 Å². The van der Waals surface area contributed by atoms with Gasteiger partial charge in [-0.05, 0) is 44.7 Å². The summed E-state index contributed by atoms with van der Waals surface area (Å²) in [6, 6.07) is 0.375. The molecule has 0 aromatic rings. The third kappa shape index (κ3) is 3.25. The molecule has 4 atom stereocenters. The van der Waals surface area contributed by atoms with Gasteiger partial charge >= 0.3 is 0 Å². The van der Waals surface area contributed by atoms with Gasteiger partial charge in [-0.1, -0.05) is 20.3 Å². The Morgan fingerprint density at radius 3 is 2.36 bits per heavy atom. The third-order valence-electron chi connectivity index (χ3n) is 3.82. The Morgan fingerprint density at radius 1 is 1.21 bits per heavy atom. The zero-order chi connectivity index (χ0) is 10.7. The maximum Gasteiger partial charge on any atom is 0.0196 e. The van der Waals surface area contributed by atoms with Gasteiger partial charge in [-0.2, -0.15) is 0 Å². The Bertz CT molecular complexity index is 168. The molecule has 14 heavy (non-hydrogen) atoms. The van der Waals surface area contributed by atoms with Gasteiger partial charge in [-0.3, -0.25) is 0 Å². The second-order valence-corrected chi connectivity index (χ2v) is 5.45. The topological polar surface area (TPSA) is 29.3 Å². The molecule has 0 saturated heterocycles. The summed E-state index contributed by atoms with van der Waals surface area (Å²) in [5.74, 6) is 2.52. The molecule has 1 rings (SSSR count). The fourth-order valence-corrected chi connectivity index (χ4v) is 2.55. The van der Waals surface area contributed by atoms with Crippen LogP contribution in [-0.4, -0.2) is 31.6 Å². The number of likely N-dealkylation sites (N-methyl/N-ethyl adjacent to an activating group) is 1. The standard InChI is InChI=1S/C12H26N2/c1-9-5-6-11(7-10(9)2)12(13)8-14(3)4/h9-12H,5-8,13H2,1-4H3. The molecule has 0 radical (unpaired) electrons. The first-order chi connectivity index (χ1) is 6.50. The highest BCUT2D eigenvalue weighted by molar-refractivity contribution is 4.82. The molecule has 2 heteroatoms. The van der Waals surface area contributed by atoms with E-state index in [1.807, 2.05) is 0 Å². The van der Waals surface area contributed by atoms with E-state index in [4.69, 9.17) is 5.73 Å². The molecule has 1 aliphatic rings. The van der Waals surface area contributed by atoms with Gasteiger partial charge in [-0.15, -0.1) is 0 Å². The molecular formula is C12H26N2. The molecule has 0 aromatic heterocycles. The van der Waals surface area contributed by atoms with Crippen LogP contribution in [0.15, 0.2) is 0 Å². The molecule has 4 unspecified atom stereocenters. The molecule has 1 fully saturated rings. The fourth-order valence-electron chi connectivity index (χ4n) is 2.55. The Kier molecular flexibility index (Phi) is 4.39. The molecule has 2 nitrogen and oxygen atoms in total. The first-order valence-electron chi connectivity index (χ1n) is 5.91. The molecule has 0 spiro atoms. The van der Waals surface area contributed by atoms with Gasteiger partial charge in [-0.25, -0.2) is 0 Å². The van der Waals surface area contributed by atoms with Crippen molar-refractivity contribution in [2.75, 3.05) is 20.6 Å². The second-order valence-electron chi connectivity index (χ2n) is 5.45. The van der Waals surface area contributed by atoms with Crippen LogP contribution in [0, 0.1) is 17.8 Å². The normalized spacial score (nSPS) is 36.0. The minimum Gasteiger partial charge on any atom is -0.326 e. The van der Waals surface area contributed by atoms with Crippen molar-refractivity contribution in [3.63, 3.8) is 0 Å². The maximum absolute atomic E-state index is 6.22. The van der Waals surface area contributed by atoms with E-state index in [2.05, 4.69) is 32.8 Å². The molecule has 0 aromatic carbocycles. The molecule has 0 heterocycles. The van der Waals surface area contributed by atoms with Crippen molar-refractivity contribution < 1.29 is 0 Å². The summed E-state index contributed by atoms with van der Waals surface area (Å²) in [4.78, 5) is 2.20. The van der Waals surface area contributed by atoms with Gasteiger partial charge in [0.2, 0.25) is 0 Å². The molecule has 0 aliphatic heterocycles. The first-order valence-corrected chi connectivity index (χ1v) is 5.91. The van der Waals surface area contributed by atoms with E-state index in [1.54, 1.807) is 0 Å². The van der Waals surface area contributed by atoms with Crippen LogP contribution in [0.2, 0.25) is 0 Å². The van der Waals surface area contributed by atoms with Crippen molar-refractivity contribution in [3.05, 3.63) is 0 Å². The number of rotatable bonds is 3. The van der Waals surface area contributed by atoms with Gasteiger partial charge in [0.05, 0.1) is 0 Å². The maximum atomic E-state index is 6.22. The highest BCUT2D eigenvalue weighted by Gasteiger charge is 2.28. The largest absolute Gasteiger partial charge is 0.326 e. The zero-order valence-electron chi connectivity index (χ0n) is 10.2. The van der Waals surface area contributed by atoms with Crippen molar-refractivity contribution in [3.8, 4) is 0 Å². The summed E-state index contributed by atoms with van der Waals surface area (Å²) in [6.07, 6.45) is 4.03. The lowest BCUT2D eigenvalue weighted by molar-refractivity contribution is 0.170. The second kappa shape index (κ2) is 5.13. The molecule has 1 saturated carbocycles. The van der Waals surface area contributed by atoms with Crippen molar-refractivity contribution in [1.82, 2.24) is 4.90 Å². The summed E-state index contributed by atoms with van der Waals surface area (Å²) in [6.45, 7) is 5.78. The van der Waals surface area contributed by atoms with Gasteiger partial charge in [0.1, 0.15) is 0 Å².